The second kappa shape index (κ2) is 6.02. The number of methoxy groups -OCH3 is 1. The smallest absolute Gasteiger partial charge is 0.0474 e. The van der Waals surface area contributed by atoms with Crippen LogP contribution in [0.25, 0.3) is 0 Å². The summed E-state index contributed by atoms with van der Waals surface area (Å²) in [5, 5.41) is 3.65. The van der Waals surface area contributed by atoms with E-state index < -0.39 is 0 Å². The molecule has 88 valence electrons. The van der Waals surface area contributed by atoms with Crippen molar-refractivity contribution in [2.45, 2.75) is 25.3 Å². The molecule has 2 nitrogen and oxygen atoms in total. The highest BCUT2D eigenvalue weighted by Crippen LogP contribution is 2.40. The summed E-state index contributed by atoms with van der Waals surface area (Å²) in [6.07, 6.45) is 3.83. The van der Waals surface area contributed by atoms with Gasteiger partial charge in [-0.3, -0.25) is 0 Å². The van der Waals surface area contributed by atoms with Gasteiger partial charge in [0.05, 0.1) is 0 Å². The van der Waals surface area contributed by atoms with Gasteiger partial charge in [-0.1, -0.05) is 30.3 Å². The molecule has 0 saturated heterocycles. The van der Waals surface area contributed by atoms with Crippen LogP contribution in [0.2, 0.25) is 0 Å². The van der Waals surface area contributed by atoms with Crippen molar-refractivity contribution < 1.29 is 4.74 Å². The molecule has 1 N–H and O–H groups in total. The zero-order valence-electron chi connectivity index (χ0n) is 9.99. The van der Waals surface area contributed by atoms with Gasteiger partial charge in [0.2, 0.25) is 0 Å². The highest BCUT2D eigenvalue weighted by Gasteiger charge is 2.31. The fourth-order valence-electron chi connectivity index (χ4n) is 2.12. The lowest BCUT2D eigenvalue weighted by Gasteiger charge is -2.18. The Labute approximate surface area is 98.0 Å². The van der Waals surface area contributed by atoms with E-state index in [0.29, 0.717) is 6.04 Å². The first kappa shape index (κ1) is 11.6. The molecule has 0 spiro atoms. The normalized spacial score (nSPS) is 17.3. The molecule has 1 aliphatic rings. The predicted octanol–water partition coefficient (Wildman–Crippen LogP) is 2.76. The van der Waals surface area contributed by atoms with Crippen molar-refractivity contribution in [3.8, 4) is 0 Å². The first-order valence-electron chi connectivity index (χ1n) is 6.19. The van der Waals surface area contributed by atoms with Crippen molar-refractivity contribution >= 4 is 0 Å². The summed E-state index contributed by atoms with van der Waals surface area (Å²) in [7, 11) is 1.76. The fourth-order valence-corrected chi connectivity index (χ4v) is 2.12. The third-order valence-corrected chi connectivity index (χ3v) is 3.14. The SMILES string of the molecule is COCCCNC(c1ccccc1)C1CC1. The minimum atomic E-state index is 0.554. The Bertz CT molecular complexity index is 295. The standard InChI is InChI=1S/C14H21NO/c1-16-11-5-10-15-14(13-8-9-13)12-6-3-2-4-7-12/h2-4,6-7,13-15H,5,8-11H2,1H3. The Morgan fingerprint density at radius 3 is 2.69 bits per heavy atom. The first-order chi connectivity index (χ1) is 7.92. The predicted molar refractivity (Wildman–Crippen MR) is 66.4 cm³/mol. The number of hydrogen-bond donors (Lipinski definition) is 1. The Hall–Kier alpha value is -0.860. The van der Waals surface area contributed by atoms with Crippen LogP contribution in [0.1, 0.15) is 30.9 Å². The van der Waals surface area contributed by atoms with Crippen molar-refractivity contribution in [3.63, 3.8) is 0 Å². The number of ether oxygens (including phenoxy) is 1. The second-order valence-electron chi connectivity index (χ2n) is 4.53. The molecule has 1 fully saturated rings. The van der Waals surface area contributed by atoms with Gasteiger partial charge in [0, 0.05) is 19.8 Å². The van der Waals surface area contributed by atoms with Crippen LogP contribution >= 0.6 is 0 Å². The van der Waals surface area contributed by atoms with Crippen LogP contribution in [0.5, 0.6) is 0 Å². The molecule has 0 amide bonds. The minimum absolute atomic E-state index is 0.554. The zero-order chi connectivity index (χ0) is 11.2. The molecule has 1 unspecified atom stereocenters. The lowest BCUT2D eigenvalue weighted by Crippen LogP contribution is -2.24. The maximum Gasteiger partial charge on any atom is 0.0474 e. The fraction of sp³-hybridized carbons (Fsp3) is 0.571. The summed E-state index contributed by atoms with van der Waals surface area (Å²) in [6, 6.07) is 11.3. The third-order valence-electron chi connectivity index (χ3n) is 3.14. The molecule has 1 aromatic rings. The van der Waals surface area contributed by atoms with Crippen molar-refractivity contribution in [1.29, 1.82) is 0 Å². The summed E-state index contributed by atoms with van der Waals surface area (Å²) in [5.74, 6) is 0.852. The quantitative estimate of drug-likeness (QED) is 0.712. The number of nitrogens with one attached hydrogen (secondary N) is 1. The van der Waals surface area contributed by atoms with Gasteiger partial charge in [-0.2, -0.15) is 0 Å². The van der Waals surface area contributed by atoms with Gasteiger partial charge in [-0.05, 0) is 37.3 Å². The molecule has 0 aromatic heterocycles. The molecule has 1 aromatic carbocycles. The van der Waals surface area contributed by atoms with E-state index >= 15 is 0 Å². The van der Waals surface area contributed by atoms with E-state index in [1.54, 1.807) is 7.11 Å². The molecule has 1 aliphatic carbocycles. The maximum atomic E-state index is 5.07. The van der Waals surface area contributed by atoms with Crippen LogP contribution < -0.4 is 5.32 Å². The second-order valence-corrected chi connectivity index (χ2v) is 4.53. The number of rotatable bonds is 7. The average molecular weight is 219 g/mol. The Kier molecular flexibility index (Phi) is 4.37. The van der Waals surface area contributed by atoms with Gasteiger partial charge >= 0.3 is 0 Å². The average Bonchev–Trinajstić information content (AvgIpc) is 3.15. The molecule has 1 saturated carbocycles. The van der Waals surface area contributed by atoms with E-state index in [9.17, 15) is 0 Å². The summed E-state index contributed by atoms with van der Waals surface area (Å²) >= 11 is 0. The van der Waals surface area contributed by atoms with Gasteiger partial charge in [0.15, 0.2) is 0 Å². The van der Waals surface area contributed by atoms with Gasteiger partial charge < -0.3 is 10.1 Å². The Morgan fingerprint density at radius 1 is 1.31 bits per heavy atom. The molecule has 1 atom stereocenters. The topological polar surface area (TPSA) is 21.3 Å². The van der Waals surface area contributed by atoms with Crippen molar-refractivity contribution in [2.75, 3.05) is 20.3 Å². The third kappa shape index (κ3) is 3.32. The van der Waals surface area contributed by atoms with Crippen molar-refractivity contribution in [2.24, 2.45) is 5.92 Å². The van der Waals surface area contributed by atoms with Crippen LogP contribution in [0.3, 0.4) is 0 Å². The summed E-state index contributed by atoms with van der Waals surface area (Å²) in [6.45, 7) is 1.89. The zero-order valence-corrected chi connectivity index (χ0v) is 9.99. The Balaban J connectivity index is 1.86. The molecule has 0 heterocycles. The van der Waals surface area contributed by atoms with E-state index in [4.69, 9.17) is 4.74 Å². The summed E-state index contributed by atoms with van der Waals surface area (Å²) < 4.78 is 5.07. The van der Waals surface area contributed by atoms with Crippen LogP contribution in [-0.4, -0.2) is 20.3 Å². The van der Waals surface area contributed by atoms with E-state index in [1.165, 1.54) is 18.4 Å². The lowest BCUT2D eigenvalue weighted by atomic mass is 10.0. The van der Waals surface area contributed by atoms with Gasteiger partial charge in [-0.15, -0.1) is 0 Å². The molecule has 2 rings (SSSR count). The van der Waals surface area contributed by atoms with Gasteiger partial charge in [-0.25, -0.2) is 0 Å². The van der Waals surface area contributed by atoms with E-state index in [0.717, 1.165) is 25.5 Å². The molecule has 0 bridgehead atoms. The minimum Gasteiger partial charge on any atom is -0.385 e. The van der Waals surface area contributed by atoms with Crippen LogP contribution in [0, 0.1) is 5.92 Å². The first-order valence-corrected chi connectivity index (χ1v) is 6.19. The molecule has 2 heteroatoms. The van der Waals surface area contributed by atoms with Crippen molar-refractivity contribution in [3.05, 3.63) is 35.9 Å². The van der Waals surface area contributed by atoms with E-state index in [1.807, 2.05) is 0 Å². The summed E-state index contributed by atoms with van der Waals surface area (Å²) in [4.78, 5) is 0. The van der Waals surface area contributed by atoms with Crippen LogP contribution in [0.4, 0.5) is 0 Å². The van der Waals surface area contributed by atoms with Gasteiger partial charge in [0.25, 0.3) is 0 Å². The van der Waals surface area contributed by atoms with E-state index in [-0.39, 0.29) is 0 Å². The lowest BCUT2D eigenvalue weighted by molar-refractivity contribution is 0.192. The van der Waals surface area contributed by atoms with Gasteiger partial charge in [0.1, 0.15) is 0 Å². The molecular weight excluding hydrogens is 198 g/mol. The molecule has 0 aliphatic heterocycles. The number of benzene rings is 1. The molecule has 0 radical (unpaired) electrons. The largest absolute Gasteiger partial charge is 0.385 e. The van der Waals surface area contributed by atoms with Crippen molar-refractivity contribution in [1.82, 2.24) is 5.32 Å². The monoisotopic (exact) mass is 219 g/mol. The van der Waals surface area contributed by atoms with Crippen LogP contribution in [-0.2, 0) is 4.74 Å². The highest BCUT2D eigenvalue weighted by atomic mass is 16.5. The molecule has 16 heavy (non-hydrogen) atoms. The highest BCUT2D eigenvalue weighted by molar-refractivity contribution is 5.21. The maximum absolute atomic E-state index is 5.07. The molecular formula is C14H21NO. The number of hydrogen-bond acceptors (Lipinski definition) is 2. The summed E-state index contributed by atoms with van der Waals surface area (Å²) in [5.41, 5.74) is 1.43. The van der Waals surface area contributed by atoms with E-state index in [2.05, 4.69) is 35.6 Å². The van der Waals surface area contributed by atoms with Crippen LogP contribution in [0.15, 0.2) is 30.3 Å². The Morgan fingerprint density at radius 2 is 2.06 bits per heavy atom.